The monoisotopic (exact) mass is 172 g/mol. The topological polar surface area (TPSA) is 0 Å². The van der Waals surface area contributed by atoms with Crippen molar-refractivity contribution in [3.05, 3.63) is 11.5 Å². The molecule has 0 saturated carbocycles. The molecule has 0 unspecified atom stereocenters. The Balaban J connectivity index is 2.91. The maximum absolute atomic E-state index is 2.30. The quantitative estimate of drug-likeness (QED) is 0.518. The van der Waals surface area contributed by atoms with Crippen molar-refractivity contribution in [1.29, 1.82) is 0 Å². The van der Waals surface area contributed by atoms with Crippen molar-refractivity contribution in [2.24, 2.45) is 0 Å². The Bertz CT molecular complexity index is 86.9. The third kappa shape index (κ3) is 10.1. The highest BCUT2D eigenvalue weighted by atomic mass is 32.2. The van der Waals surface area contributed by atoms with E-state index in [0.29, 0.717) is 0 Å². The van der Waals surface area contributed by atoms with Gasteiger partial charge in [-0.2, -0.15) is 0 Å². The lowest BCUT2D eigenvalue weighted by atomic mass is 10.2. The summed E-state index contributed by atoms with van der Waals surface area (Å²) in [4.78, 5) is 0. The van der Waals surface area contributed by atoms with Crippen molar-refractivity contribution in [3.8, 4) is 0 Å². The number of thioether (sulfide) groups is 1. The normalized spacial score (nSPS) is 11.1. The first kappa shape index (κ1) is 11.1. The number of hydrogen-bond donors (Lipinski definition) is 0. The molecule has 0 rings (SSSR count). The van der Waals surface area contributed by atoms with Crippen LogP contribution in [0.1, 0.15) is 46.0 Å². The van der Waals surface area contributed by atoms with Crippen molar-refractivity contribution in [2.75, 3.05) is 5.75 Å². The van der Waals surface area contributed by atoms with E-state index in [-0.39, 0.29) is 0 Å². The van der Waals surface area contributed by atoms with Crippen molar-refractivity contribution in [1.82, 2.24) is 0 Å². The fraction of sp³-hybridized carbons (Fsp3) is 0.800. The third-order valence-electron chi connectivity index (χ3n) is 1.53. The molecule has 0 aliphatic rings. The molecule has 11 heavy (non-hydrogen) atoms. The van der Waals surface area contributed by atoms with Gasteiger partial charge in [-0.1, -0.05) is 39.2 Å². The molecule has 0 N–H and O–H groups in total. The first-order chi connectivity index (χ1) is 5.41. The molecule has 0 aromatic heterocycles. The summed E-state index contributed by atoms with van der Waals surface area (Å²) in [6.45, 7) is 4.47. The van der Waals surface area contributed by atoms with Crippen molar-refractivity contribution in [2.45, 2.75) is 46.0 Å². The molecular formula is C10H20S. The Morgan fingerprint density at radius 1 is 1.09 bits per heavy atom. The highest BCUT2D eigenvalue weighted by Crippen LogP contribution is 2.07. The van der Waals surface area contributed by atoms with Gasteiger partial charge in [0.15, 0.2) is 0 Å². The lowest BCUT2D eigenvalue weighted by Gasteiger charge is -1.91. The van der Waals surface area contributed by atoms with E-state index in [9.17, 15) is 0 Å². The summed E-state index contributed by atoms with van der Waals surface area (Å²) >= 11 is 1.95. The van der Waals surface area contributed by atoms with Gasteiger partial charge in [0.1, 0.15) is 0 Å². The summed E-state index contributed by atoms with van der Waals surface area (Å²) in [6, 6.07) is 0. The molecule has 1 heteroatoms. The molecular weight excluding hydrogens is 152 g/mol. The maximum atomic E-state index is 2.30. The van der Waals surface area contributed by atoms with Crippen LogP contribution in [0.5, 0.6) is 0 Å². The fourth-order valence-corrected chi connectivity index (χ4v) is 1.62. The number of unbranched alkanes of at least 4 members (excludes halogenated alkanes) is 3. The molecule has 0 saturated heterocycles. The zero-order chi connectivity index (χ0) is 8.36. The van der Waals surface area contributed by atoms with Gasteiger partial charge in [-0.3, -0.25) is 0 Å². The minimum absolute atomic E-state index is 1.26. The Labute approximate surface area is 75.5 Å². The molecule has 0 aromatic carbocycles. The van der Waals surface area contributed by atoms with Gasteiger partial charge in [-0.15, -0.1) is 11.8 Å². The van der Waals surface area contributed by atoms with Crippen molar-refractivity contribution in [3.63, 3.8) is 0 Å². The second-order valence-electron chi connectivity index (χ2n) is 2.74. The maximum Gasteiger partial charge on any atom is -0.00262 e. The number of allylic oxidation sites excluding steroid dienone is 1. The van der Waals surface area contributed by atoms with Gasteiger partial charge in [-0.25, -0.2) is 0 Å². The van der Waals surface area contributed by atoms with Crippen LogP contribution in [0.3, 0.4) is 0 Å². The first-order valence-corrected chi connectivity index (χ1v) is 5.73. The predicted molar refractivity (Wildman–Crippen MR) is 56.0 cm³/mol. The van der Waals surface area contributed by atoms with Gasteiger partial charge in [-0.05, 0) is 24.0 Å². The largest absolute Gasteiger partial charge is 0.134 e. The standard InChI is InChI=1S/C10H20S/c1-3-5-7-8-10-11-9-6-4-2/h8,10H,3-7,9H2,1-2H3. The lowest BCUT2D eigenvalue weighted by Crippen LogP contribution is -1.72. The lowest BCUT2D eigenvalue weighted by molar-refractivity contribution is 0.815. The molecule has 0 atom stereocenters. The van der Waals surface area contributed by atoms with Gasteiger partial charge >= 0.3 is 0 Å². The summed E-state index contributed by atoms with van der Waals surface area (Å²) in [6.07, 6.45) is 8.87. The van der Waals surface area contributed by atoms with Crippen LogP contribution in [0, 0.1) is 0 Å². The van der Waals surface area contributed by atoms with Gasteiger partial charge in [0.25, 0.3) is 0 Å². The molecule has 0 aliphatic heterocycles. The Hall–Kier alpha value is 0.0900. The fourth-order valence-electron chi connectivity index (χ4n) is 0.754. The Morgan fingerprint density at radius 2 is 1.82 bits per heavy atom. The zero-order valence-electron chi connectivity index (χ0n) is 7.81. The molecule has 0 radical (unpaired) electrons. The van der Waals surface area contributed by atoms with Crippen LogP contribution in [0.4, 0.5) is 0 Å². The highest BCUT2D eigenvalue weighted by molar-refractivity contribution is 8.02. The van der Waals surface area contributed by atoms with Gasteiger partial charge in [0.2, 0.25) is 0 Å². The Kier molecular flexibility index (Phi) is 10.2. The van der Waals surface area contributed by atoms with Crippen molar-refractivity contribution >= 4 is 11.8 Å². The Morgan fingerprint density at radius 3 is 2.45 bits per heavy atom. The third-order valence-corrected chi connectivity index (χ3v) is 2.44. The molecule has 0 amide bonds. The van der Waals surface area contributed by atoms with Crippen LogP contribution in [-0.2, 0) is 0 Å². The molecule has 0 spiro atoms. The molecule has 66 valence electrons. The SMILES string of the molecule is CCCCC=CSCCCC. The smallest absolute Gasteiger partial charge is 0.00262 e. The first-order valence-electron chi connectivity index (χ1n) is 4.68. The highest BCUT2D eigenvalue weighted by Gasteiger charge is 1.81. The van der Waals surface area contributed by atoms with E-state index >= 15 is 0 Å². The van der Waals surface area contributed by atoms with E-state index in [0.717, 1.165) is 0 Å². The van der Waals surface area contributed by atoms with Gasteiger partial charge in [0, 0.05) is 0 Å². The minimum Gasteiger partial charge on any atom is -0.134 e. The van der Waals surface area contributed by atoms with Crippen LogP contribution < -0.4 is 0 Å². The van der Waals surface area contributed by atoms with Crippen molar-refractivity contribution < 1.29 is 0 Å². The molecule has 0 heterocycles. The molecule has 0 bridgehead atoms. The molecule has 0 fully saturated rings. The van der Waals surface area contributed by atoms with E-state index in [1.165, 1.54) is 37.9 Å². The summed E-state index contributed by atoms with van der Waals surface area (Å²) in [7, 11) is 0. The van der Waals surface area contributed by atoms with Gasteiger partial charge in [0.05, 0.1) is 0 Å². The number of hydrogen-bond acceptors (Lipinski definition) is 1. The molecule has 0 nitrogen and oxygen atoms in total. The van der Waals surface area contributed by atoms with Gasteiger partial charge < -0.3 is 0 Å². The second kappa shape index (κ2) is 10.1. The van der Waals surface area contributed by atoms with Crippen LogP contribution in [0.25, 0.3) is 0 Å². The van der Waals surface area contributed by atoms with E-state index in [1.807, 2.05) is 11.8 Å². The summed E-state index contributed by atoms with van der Waals surface area (Å²) in [5, 5.41) is 2.26. The average molecular weight is 172 g/mol. The molecule has 0 aliphatic carbocycles. The zero-order valence-corrected chi connectivity index (χ0v) is 8.62. The van der Waals surface area contributed by atoms with Crippen LogP contribution >= 0.6 is 11.8 Å². The minimum atomic E-state index is 1.26. The number of rotatable bonds is 7. The summed E-state index contributed by atoms with van der Waals surface area (Å²) in [5.74, 6) is 1.29. The van der Waals surface area contributed by atoms with Crippen LogP contribution in [0.2, 0.25) is 0 Å². The van der Waals surface area contributed by atoms with E-state index < -0.39 is 0 Å². The summed E-state index contributed by atoms with van der Waals surface area (Å²) < 4.78 is 0. The second-order valence-corrected chi connectivity index (χ2v) is 3.75. The summed E-state index contributed by atoms with van der Waals surface area (Å²) in [5.41, 5.74) is 0. The van der Waals surface area contributed by atoms with Crippen LogP contribution in [0.15, 0.2) is 11.5 Å². The molecule has 0 aromatic rings. The van der Waals surface area contributed by atoms with E-state index in [1.54, 1.807) is 0 Å². The predicted octanol–water partition coefficient (Wildman–Crippen LogP) is 4.22. The van der Waals surface area contributed by atoms with E-state index in [4.69, 9.17) is 0 Å². The van der Waals surface area contributed by atoms with E-state index in [2.05, 4.69) is 25.3 Å². The van der Waals surface area contributed by atoms with Crippen LogP contribution in [-0.4, -0.2) is 5.75 Å². The average Bonchev–Trinajstić information content (AvgIpc) is 2.03.